The number of hydrogen-bond donors (Lipinski definition) is 1. The van der Waals surface area contributed by atoms with Gasteiger partial charge < -0.3 is 5.32 Å². The van der Waals surface area contributed by atoms with Crippen molar-refractivity contribution >= 4 is 22.2 Å². The van der Waals surface area contributed by atoms with Gasteiger partial charge in [0.15, 0.2) is 0 Å². The Hall–Kier alpha value is -2.16. The summed E-state index contributed by atoms with van der Waals surface area (Å²) < 4.78 is 0. The molecule has 22 heavy (non-hydrogen) atoms. The maximum absolute atomic E-state index is 12.3. The van der Waals surface area contributed by atoms with Crippen LogP contribution in [0.1, 0.15) is 23.6 Å². The standard InChI is InChI=1S/C17H19N3OS/c1-12-6-4-5-7-15(12)11-20(3)13(2)16(21)19-17-14(10-18)8-9-22-17/h4-9,13H,11H2,1-3H3,(H,19,21)/t13-/m0/s1. The number of amides is 1. The van der Waals surface area contributed by atoms with Crippen molar-refractivity contribution in [3.8, 4) is 6.07 Å². The minimum atomic E-state index is -0.284. The third-order valence-corrected chi connectivity index (χ3v) is 4.57. The number of aryl methyl sites for hydroxylation is 1. The van der Waals surface area contributed by atoms with E-state index >= 15 is 0 Å². The van der Waals surface area contributed by atoms with Crippen LogP contribution in [0.5, 0.6) is 0 Å². The van der Waals surface area contributed by atoms with Crippen LogP contribution in [0, 0.1) is 18.3 Å². The molecule has 114 valence electrons. The third kappa shape index (κ3) is 3.73. The molecule has 0 saturated heterocycles. The Kier molecular flexibility index (Phi) is 5.31. The second kappa shape index (κ2) is 7.21. The molecule has 4 nitrogen and oxygen atoms in total. The molecule has 0 spiro atoms. The molecule has 1 N–H and O–H groups in total. The molecule has 2 aromatic rings. The molecule has 5 heteroatoms. The van der Waals surface area contributed by atoms with Crippen molar-refractivity contribution in [2.75, 3.05) is 12.4 Å². The summed E-state index contributed by atoms with van der Waals surface area (Å²) in [6, 6.07) is 11.7. The lowest BCUT2D eigenvalue weighted by Crippen LogP contribution is -2.39. The molecule has 0 aliphatic rings. The molecule has 1 atom stereocenters. The van der Waals surface area contributed by atoms with Crippen LogP contribution in [-0.4, -0.2) is 23.9 Å². The number of nitriles is 1. The Balaban J connectivity index is 2.01. The lowest BCUT2D eigenvalue weighted by atomic mass is 10.1. The predicted molar refractivity (Wildman–Crippen MR) is 89.8 cm³/mol. The third-order valence-electron chi connectivity index (χ3n) is 3.74. The highest BCUT2D eigenvalue weighted by Gasteiger charge is 2.20. The number of nitrogens with zero attached hydrogens (tertiary/aromatic N) is 2. The number of carbonyl (C=O) groups excluding carboxylic acids is 1. The predicted octanol–water partition coefficient (Wildman–Crippen LogP) is 3.39. The number of anilines is 1. The molecular weight excluding hydrogens is 294 g/mol. The smallest absolute Gasteiger partial charge is 0.242 e. The topological polar surface area (TPSA) is 56.1 Å². The van der Waals surface area contributed by atoms with Crippen LogP contribution < -0.4 is 5.32 Å². The molecule has 0 unspecified atom stereocenters. The Morgan fingerprint density at radius 1 is 1.41 bits per heavy atom. The van der Waals surface area contributed by atoms with E-state index in [4.69, 9.17) is 5.26 Å². The van der Waals surface area contributed by atoms with Gasteiger partial charge in [-0.15, -0.1) is 11.3 Å². The van der Waals surface area contributed by atoms with Gasteiger partial charge in [-0.25, -0.2) is 0 Å². The normalized spacial score (nSPS) is 12.0. The van der Waals surface area contributed by atoms with Gasteiger partial charge in [0.2, 0.25) is 5.91 Å². The van der Waals surface area contributed by atoms with E-state index < -0.39 is 0 Å². The highest BCUT2D eigenvalue weighted by molar-refractivity contribution is 7.14. The maximum Gasteiger partial charge on any atom is 0.242 e. The summed E-state index contributed by atoms with van der Waals surface area (Å²) in [5.41, 5.74) is 2.93. The molecule has 0 radical (unpaired) electrons. The van der Waals surface area contributed by atoms with Crippen molar-refractivity contribution in [3.05, 3.63) is 52.4 Å². The van der Waals surface area contributed by atoms with E-state index in [1.54, 1.807) is 11.4 Å². The molecule has 1 heterocycles. The second-order valence-electron chi connectivity index (χ2n) is 5.28. The fourth-order valence-electron chi connectivity index (χ4n) is 2.10. The lowest BCUT2D eigenvalue weighted by molar-refractivity contribution is -0.120. The van der Waals surface area contributed by atoms with Crippen LogP contribution in [0.25, 0.3) is 0 Å². The molecule has 2 rings (SSSR count). The average Bonchev–Trinajstić information content (AvgIpc) is 2.95. The Morgan fingerprint density at radius 2 is 2.14 bits per heavy atom. The SMILES string of the molecule is Cc1ccccc1CN(C)[C@@H](C)C(=O)Nc1sccc1C#N. The van der Waals surface area contributed by atoms with Gasteiger partial charge in [-0.2, -0.15) is 5.26 Å². The number of thiophene rings is 1. The summed E-state index contributed by atoms with van der Waals surface area (Å²) in [5, 5.41) is 14.2. The van der Waals surface area contributed by atoms with E-state index in [9.17, 15) is 4.79 Å². The first-order valence-corrected chi connectivity index (χ1v) is 7.94. The minimum Gasteiger partial charge on any atom is -0.315 e. The Labute approximate surface area is 135 Å². The van der Waals surface area contributed by atoms with Gasteiger partial charge in [-0.05, 0) is 43.5 Å². The lowest BCUT2D eigenvalue weighted by Gasteiger charge is -2.24. The number of rotatable bonds is 5. The van der Waals surface area contributed by atoms with Crippen molar-refractivity contribution < 1.29 is 4.79 Å². The van der Waals surface area contributed by atoms with Crippen molar-refractivity contribution in [1.82, 2.24) is 4.90 Å². The zero-order chi connectivity index (χ0) is 16.1. The number of nitrogens with one attached hydrogen (secondary N) is 1. The Morgan fingerprint density at radius 3 is 2.82 bits per heavy atom. The summed E-state index contributed by atoms with van der Waals surface area (Å²) in [6.07, 6.45) is 0. The van der Waals surface area contributed by atoms with Crippen LogP contribution in [0.4, 0.5) is 5.00 Å². The van der Waals surface area contributed by atoms with Crippen LogP contribution in [0.3, 0.4) is 0 Å². The zero-order valence-corrected chi connectivity index (χ0v) is 13.8. The van der Waals surface area contributed by atoms with E-state index in [1.807, 2.05) is 31.0 Å². The van der Waals surface area contributed by atoms with Crippen LogP contribution in [0.2, 0.25) is 0 Å². The first-order chi connectivity index (χ1) is 10.5. The van der Waals surface area contributed by atoms with Crippen LogP contribution in [-0.2, 0) is 11.3 Å². The summed E-state index contributed by atoms with van der Waals surface area (Å²) in [7, 11) is 1.93. The summed E-state index contributed by atoms with van der Waals surface area (Å²) in [6.45, 7) is 4.64. The number of hydrogen-bond acceptors (Lipinski definition) is 4. The van der Waals surface area contributed by atoms with E-state index in [-0.39, 0.29) is 11.9 Å². The second-order valence-corrected chi connectivity index (χ2v) is 6.20. The average molecular weight is 313 g/mol. The number of benzene rings is 1. The van der Waals surface area contributed by atoms with Crippen LogP contribution >= 0.6 is 11.3 Å². The van der Waals surface area contributed by atoms with Crippen molar-refractivity contribution in [1.29, 1.82) is 5.26 Å². The van der Waals surface area contributed by atoms with E-state index in [1.165, 1.54) is 22.5 Å². The molecular formula is C17H19N3OS. The quantitative estimate of drug-likeness (QED) is 0.920. The van der Waals surface area contributed by atoms with E-state index in [0.717, 1.165) is 0 Å². The zero-order valence-electron chi connectivity index (χ0n) is 13.0. The van der Waals surface area contributed by atoms with Crippen molar-refractivity contribution in [3.63, 3.8) is 0 Å². The molecule has 0 fully saturated rings. The molecule has 0 aliphatic carbocycles. The fourth-order valence-corrected chi connectivity index (χ4v) is 2.84. The molecule has 1 aromatic heterocycles. The largest absolute Gasteiger partial charge is 0.315 e. The highest BCUT2D eigenvalue weighted by atomic mass is 32.1. The molecule has 0 saturated carbocycles. The number of likely N-dealkylation sites (N-methyl/N-ethyl adjacent to an activating group) is 1. The summed E-state index contributed by atoms with van der Waals surface area (Å²) in [5.74, 6) is -0.102. The fraction of sp³-hybridized carbons (Fsp3) is 0.294. The van der Waals surface area contributed by atoms with Gasteiger partial charge >= 0.3 is 0 Å². The van der Waals surface area contributed by atoms with E-state index in [0.29, 0.717) is 17.1 Å². The Bertz CT molecular complexity index is 702. The van der Waals surface area contributed by atoms with Gasteiger partial charge in [-0.3, -0.25) is 9.69 Å². The maximum atomic E-state index is 12.3. The molecule has 0 aliphatic heterocycles. The van der Waals surface area contributed by atoms with Gasteiger partial charge in [0.25, 0.3) is 0 Å². The number of carbonyl (C=O) groups is 1. The first kappa shape index (κ1) is 16.2. The van der Waals surface area contributed by atoms with Crippen LogP contribution in [0.15, 0.2) is 35.7 Å². The first-order valence-electron chi connectivity index (χ1n) is 7.06. The molecule has 1 amide bonds. The summed E-state index contributed by atoms with van der Waals surface area (Å²) >= 11 is 1.37. The molecule has 1 aromatic carbocycles. The van der Waals surface area contributed by atoms with E-state index in [2.05, 4.69) is 30.4 Å². The minimum absolute atomic E-state index is 0.102. The van der Waals surface area contributed by atoms with Crippen molar-refractivity contribution in [2.45, 2.75) is 26.4 Å². The van der Waals surface area contributed by atoms with Gasteiger partial charge in [-0.1, -0.05) is 24.3 Å². The van der Waals surface area contributed by atoms with Crippen molar-refractivity contribution in [2.24, 2.45) is 0 Å². The van der Waals surface area contributed by atoms with Gasteiger partial charge in [0.05, 0.1) is 11.6 Å². The van der Waals surface area contributed by atoms with Gasteiger partial charge in [0, 0.05) is 6.54 Å². The van der Waals surface area contributed by atoms with Gasteiger partial charge in [0.1, 0.15) is 11.1 Å². The summed E-state index contributed by atoms with van der Waals surface area (Å²) in [4.78, 5) is 14.3. The molecule has 0 bridgehead atoms. The monoisotopic (exact) mass is 313 g/mol. The highest BCUT2D eigenvalue weighted by Crippen LogP contribution is 2.22.